The van der Waals surface area contributed by atoms with Crippen LogP contribution in [-0.4, -0.2) is 51.3 Å². The number of benzene rings is 1. The second kappa shape index (κ2) is 5.42. The van der Waals surface area contributed by atoms with Crippen molar-refractivity contribution in [2.24, 2.45) is 0 Å². The maximum Gasteiger partial charge on any atom is 0.255 e. The number of amides is 1. The van der Waals surface area contributed by atoms with E-state index in [4.69, 9.17) is 0 Å². The van der Waals surface area contributed by atoms with Crippen LogP contribution in [0.2, 0.25) is 0 Å². The van der Waals surface area contributed by atoms with Gasteiger partial charge in [-0.2, -0.15) is 0 Å². The predicted octanol–water partition coefficient (Wildman–Crippen LogP) is 1.19. The molecule has 2 heterocycles. The first-order valence-electron chi connectivity index (χ1n) is 7.09. The summed E-state index contributed by atoms with van der Waals surface area (Å²) >= 11 is 0. The molecule has 0 saturated carbocycles. The zero-order valence-corrected chi connectivity index (χ0v) is 11.7. The molecule has 1 amide bonds. The quantitative estimate of drug-likeness (QED) is 0.870. The molecule has 3 rings (SSSR count). The van der Waals surface area contributed by atoms with Gasteiger partial charge < -0.3 is 15.1 Å². The van der Waals surface area contributed by atoms with Gasteiger partial charge in [0.1, 0.15) is 5.60 Å². The Bertz CT molecular complexity index is 673. The van der Waals surface area contributed by atoms with Crippen LogP contribution in [0.1, 0.15) is 23.2 Å². The van der Waals surface area contributed by atoms with E-state index < -0.39 is 5.60 Å². The van der Waals surface area contributed by atoms with E-state index in [1.807, 2.05) is 30.3 Å². The number of likely N-dealkylation sites (tertiary alicyclic amines) is 1. The van der Waals surface area contributed by atoms with Gasteiger partial charge in [0, 0.05) is 18.1 Å². The largest absolute Gasteiger partial charge is 0.393 e. The van der Waals surface area contributed by atoms with Crippen LogP contribution in [0.3, 0.4) is 0 Å². The summed E-state index contributed by atoms with van der Waals surface area (Å²) in [7, 11) is 0. The third kappa shape index (κ3) is 2.75. The van der Waals surface area contributed by atoms with Gasteiger partial charge in [-0.3, -0.25) is 9.78 Å². The summed E-state index contributed by atoms with van der Waals surface area (Å²) < 4.78 is 0. The van der Waals surface area contributed by atoms with E-state index in [-0.39, 0.29) is 19.1 Å². The minimum absolute atomic E-state index is 0.153. The number of fused-ring (bicyclic) bond motifs is 1. The minimum atomic E-state index is -1.18. The highest BCUT2D eigenvalue weighted by molar-refractivity contribution is 5.97. The lowest BCUT2D eigenvalue weighted by Crippen LogP contribution is -2.52. The number of rotatable bonds is 2. The summed E-state index contributed by atoms with van der Waals surface area (Å²) in [5, 5.41) is 20.3. The fourth-order valence-corrected chi connectivity index (χ4v) is 2.79. The number of carbonyl (C=O) groups is 1. The molecule has 1 aliphatic heterocycles. The molecule has 0 spiro atoms. The van der Waals surface area contributed by atoms with Gasteiger partial charge >= 0.3 is 0 Å². The highest BCUT2D eigenvalue weighted by atomic mass is 16.3. The lowest BCUT2D eigenvalue weighted by molar-refractivity contribution is -0.0598. The lowest BCUT2D eigenvalue weighted by Gasteiger charge is -2.38. The van der Waals surface area contributed by atoms with Gasteiger partial charge in [0.05, 0.1) is 24.2 Å². The van der Waals surface area contributed by atoms with Crippen LogP contribution in [0.4, 0.5) is 0 Å². The maximum absolute atomic E-state index is 12.5. The normalized spacial score (nSPS) is 22.5. The Morgan fingerprint density at radius 2 is 2.19 bits per heavy atom. The Hall–Kier alpha value is -1.98. The Balaban J connectivity index is 1.86. The summed E-state index contributed by atoms with van der Waals surface area (Å²) in [5.74, 6) is -0.153. The molecule has 5 nitrogen and oxygen atoms in total. The molecule has 1 aromatic carbocycles. The Morgan fingerprint density at radius 3 is 3.00 bits per heavy atom. The van der Waals surface area contributed by atoms with E-state index in [2.05, 4.69) is 4.98 Å². The van der Waals surface area contributed by atoms with E-state index in [9.17, 15) is 15.0 Å². The van der Waals surface area contributed by atoms with Crippen molar-refractivity contribution in [3.8, 4) is 0 Å². The van der Waals surface area contributed by atoms with Crippen molar-refractivity contribution < 1.29 is 15.0 Å². The highest BCUT2D eigenvalue weighted by Crippen LogP contribution is 2.22. The summed E-state index contributed by atoms with van der Waals surface area (Å²) in [5.41, 5.74) is 0.175. The third-order valence-electron chi connectivity index (χ3n) is 3.97. The molecule has 1 aromatic heterocycles. The van der Waals surface area contributed by atoms with E-state index >= 15 is 0 Å². The zero-order valence-electron chi connectivity index (χ0n) is 11.7. The first-order valence-corrected chi connectivity index (χ1v) is 7.09. The van der Waals surface area contributed by atoms with Gasteiger partial charge in [0.15, 0.2) is 0 Å². The van der Waals surface area contributed by atoms with Crippen LogP contribution in [0.5, 0.6) is 0 Å². The average molecular weight is 286 g/mol. The van der Waals surface area contributed by atoms with Crippen LogP contribution in [-0.2, 0) is 0 Å². The van der Waals surface area contributed by atoms with Crippen molar-refractivity contribution >= 4 is 16.8 Å². The van der Waals surface area contributed by atoms with Crippen molar-refractivity contribution in [3.63, 3.8) is 0 Å². The number of pyridine rings is 1. The van der Waals surface area contributed by atoms with Crippen molar-refractivity contribution in [1.29, 1.82) is 0 Å². The first-order chi connectivity index (χ1) is 10.1. The van der Waals surface area contributed by atoms with Crippen molar-refractivity contribution in [1.82, 2.24) is 9.88 Å². The van der Waals surface area contributed by atoms with Crippen molar-refractivity contribution in [2.45, 2.75) is 18.4 Å². The Labute approximate surface area is 122 Å². The molecule has 1 aliphatic rings. The second-order valence-corrected chi connectivity index (χ2v) is 5.63. The molecule has 2 aromatic rings. The molecule has 2 N–H and O–H groups in total. The first kappa shape index (κ1) is 14.0. The van der Waals surface area contributed by atoms with E-state index in [0.717, 1.165) is 10.9 Å². The van der Waals surface area contributed by atoms with Gasteiger partial charge in [-0.05, 0) is 25.0 Å². The zero-order chi connectivity index (χ0) is 14.9. The minimum Gasteiger partial charge on any atom is -0.393 e. The summed E-state index contributed by atoms with van der Waals surface area (Å²) in [6.07, 6.45) is 2.77. The molecule has 0 radical (unpaired) electrons. The van der Waals surface area contributed by atoms with E-state index in [1.54, 1.807) is 11.1 Å². The number of aliphatic hydroxyl groups excluding tert-OH is 1. The molecule has 110 valence electrons. The topological polar surface area (TPSA) is 73.7 Å². The van der Waals surface area contributed by atoms with E-state index in [0.29, 0.717) is 24.9 Å². The number of hydrogen-bond acceptors (Lipinski definition) is 4. The van der Waals surface area contributed by atoms with Crippen LogP contribution in [0.25, 0.3) is 10.9 Å². The van der Waals surface area contributed by atoms with Crippen LogP contribution >= 0.6 is 0 Å². The second-order valence-electron chi connectivity index (χ2n) is 5.63. The van der Waals surface area contributed by atoms with Crippen LogP contribution < -0.4 is 0 Å². The molecule has 1 fully saturated rings. The molecule has 1 saturated heterocycles. The maximum atomic E-state index is 12.5. The summed E-state index contributed by atoms with van der Waals surface area (Å²) in [6, 6.07) is 9.44. The van der Waals surface area contributed by atoms with Gasteiger partial charge in [-0.1, -0.05) is 18.2 Å². The molecule has 5 heteroatoms. The molecule has 0 aliphatic carbocycles. The Kier molecular flexibility index (Phi) is 3.61. The summed E-state index contributed by atoms with van der Waals surface area (Å²) in [4.78, 5) is 18.4. The fraction of sp³-hybridized carbons (Fsp3) is 0.375. The Morgan fingerprint density at radius 1 is 1.38 bits per heavy atom. The average Bonchev–Trinajstić information content (AvgIpc) is 2.54. The van der Waals surface area contributed by atoms with Crippen LogP contribution in [0, 0.1) is 0 Å². The standard InChI is InChI=1S/C16H18N2O3/c19-11-16(21)6-3-7-18(10-16)15(20)13-8-12-4-1-2-5-14(12)17-9-13/h1-2,4-5,8-9,19,21H,3,6-7,10-11H2. The number of carbonyl (C=O) groups excluding carboxylic acids is 1. The van der Waals surface area contributed by atoms with Crippen molar-refractivity contribution in [3.05, 3.63) is 42.1 Å². The number of nitrogens with zero attached hydrogens (tertiary/aromatic N) is 2. The molecule has 0 bridgehead atoms. The number of β-amino-alcohol motifs (C(OH)–C–C–N with tert-alkyl or cyclic N) is 1. The number of piperidine rings is 1. The molecule has 21 heavy (non-hydrogen) atoms. The summed E-state index contributed by atoms with van der Waals surface area (Å²) in [6.45, 7) is 0.426. The number of para-hydroxylation sites is 1. The molecular weight excluding hydrogens is 268 g/mol. The van der Waals surface area contributed by atoms with Gasteiger partial charge in [-0.15, -0.1) is 0 Å². The van der Waals surface area contributed by atoms with Gasteiger partial charge in [0.25, 0.3) is 5.91 Å². The highest BCUT2D eigenvalue weighted by Gasteiger charge is 2.34. The number of hydrogen-bond donors (Lipinski definition) is 2. The fourth-order valence-electron chi connectivity index (χ4n) is 2.79. The van der Waals surface area contributed by atoms with Crippen molar-refractivity contribution in [2.75, 3.05) is 19.7 Å². The monoisotopic (exact) mass is 286 g/mol. The smallest absolute Gasteiger partial charge is 0.255 e. The van der Waals surface area contributed by atoms with Crippen LogP contribution in [0.15, 0.2) is 36.5 Å². The lowest BCUT2D eigenvalue weighted by atomic mass is 9.93. The molecular formula is C16H18N2O3. The molecule has 1 atom stereocenters. The third-order valence-corrected chi connectivity index (χ3v) is 3.97. The van der Waals surface area contributed by atoms with E-state index in [1.165, 1.54) is 0 Å². The predicted molar refractivity (Wildman–Crippen MR) is 78.9 cm³/mol. The SMILES string of the molecule is O=C(c1cnc2ccccc2c1)N1CCCC(O)(CO)C1. The van der Waals surface area contributed by atoms with Gasteiger partial charge in [0.2, 0.25) is 0 Å². The number of aromatic nitrogens is 1. The number of aliphatic hydroxyl groups is 2. The van der Waals surface area contributed by atoms with Gasteiger partial charge in [-0.25, -0.2) is 0 Å². The molecule has 1 unspecified atom stereocenters.